The Balaban J connectivity index is 2.29. The molecule has 7 nitrogen and oxygen atoms in total. The first-order valence-corrected chi connectivity index (χ1v) is 4.32. The van der Waals surface area contributed by atoms with Gasteiger partial charge in [0.1, 0.15) is 12.3 Å². The third-order valence-corrected chi connectivity index (χ3v) is 2.74. The van der Waals surface area contributed by atoms with E-state index in [4.69, 9.17) is 0 Å². The Morgan fingerprint density at radius 2 is 1.71 bits per heavy atom. The van der Waals surface area contributed by atoms with Crippen molar-refractivity contribution in [2.24, 2.45) is 0 Å². The number of hydrogen-bond donors (Lipinski definition) is 2. The molecule has 2 unspecified atom stereocenters. The normalized spacial score (nSPS) is 32.1. The van der Waals surface area contributed by atoms with Crippen molar-refractivity contribution >= 4 is 12.1 Å². The van der Waals surface area contributed by atoms with Crippen LogP contribution in [0.1, 0.15) is 0 Å². The fourth-order valence-electron chi connectivity index (χ4n) is 1.88. The zero-order valence-corrected chi connectivity index (χ0v) is 8.31. The summed E-state index contributed by atoms with van der Waals surface area (Å²) >= 11 is 0. The minimum atomic E-state index is -0.249. The third-order valence-electron chi connectivity index (χ3n) is 2.74. The first-order chi connectivity index (χ1) is 6.54. The molecule has 2 atom stereocenters. The molecule has 2 fully saturated rings. The van der Waals surface area contributed by atoms with Gasteiger partial charge in [0.15, 0.2) is 0 Å². The molecule has 0 spiro atoms. The van der Waals surface area contributed by atoms with E-state index in [0.29, 0.717) is 0 Å². The molecule has 2 saturated heterocycles. The van der Waals surface area contributed by atoms with E-state index in [1.807, 2.05) is 0 Å². The van der Waals surface area contributed by atoms with Gasteiger partial charge in [0, 0.05) is 21.1 Å². The minimum absolute atomic E-state index is 0.101. The van der Waals surface area contributed by atoms with Gasteiger partial charge in [-0.05, 0) is 0 Å². The second kappa shape index (κ2) is 2.74. The summed E-state index contributed by atoms with van der Waals surface area (Å²) in [6.07, 6.45) is -0.448. The molecule has 78 valence electrons. The first-order valence-electron chi connectivity index (χ1n) is 4.32. The van der Waals surface area contributed by atoms with Crippen molar-refractivity contribution in [2.75, 3.05) is 21.1 Å². The van der Waals surface area contributed by atoms with Crippen LogP contribution in [0.25, 0.3) is 0 Å². The van der Waals surface area contributed by atoms with Crippen LogP contribution in [0.2, 0.25) is 0 Å². The summed E-state index contributed by atoms with van der Waals surface area (Å²) in [5.41, 5.74) is 5.29. The molecule has 0 bridgehead atoms. The van der Waals surface area contributed by atoms with Crippen molar-refractivity contribution in [1.82, 2.24) is 25.6 Å². The summed E-state index contributed by atoms with van der Waals surface area (Å²) in [4.78, 5) is 27.5. The van der Waals surface area contributed by atoms with E-state index in [2.05, 4.69) is 10.9 Å². The lowest BCUT2D eigenvalue weighted by molar-refractivity contribution is 0.0756. The van der Waals surface area contributed by atoms with Gasteiger partial charge < -0.3 is 14.7 Å². The molecule has 14 heavy (non-hydrogen) atoms. The lowest BCUT2D eigenvalue weighted by Gasteiger charge is -2.38. The molecule has 0 radical (unpaired) electrons. The number of carbonyl (C=O) groups excluding carboxylic acids is 2. The van der Waals surface area contributed by atoms with Gasteiger partial charge >= 0.3 is 12.1 Å². The quantitative estimate of drug-likeness (QED) is 0.514. The van der Waals surface area contributed by atoms with E-state index in [-0.39, 0.29) is 24.4 Å². The number of likely N-dealkylation sites (N-methyl/N-ethyl adjacent to an activating group) is 3. The Bertz CT molecular complexity index is 290. The second-order valence-corrected chi connectivity index (χ2v) is 3.55. The highest BCUT2D eigenvalue weighted by Gasteiger charge is 2.48. The maximum Gasteiger partial charge on any atom is 0.333 e. The molecule has 2 aliphatic rings. The van der Waals surface area contributed by atoms with Crippen molar-refractivity contribution in [3.8, 4) is 0 Å². The van der Waals surface area contributed by atoms with E-state index in [1.165, 1.54) is 9.80 Å². The van der Waals surface area contributed by atoms with Crippen LogP contribution in [0.15, 0.2) is 0 Å². The molecule has 0 saturated carbocycles. The Morgan fingerprint density at radius 1 is 1.07 bits per heavy atom. The number of nitrogens with one attached hydrogen (secondary N) is 2. The lowest BCUT2D eigenvalue weighted by atomic mass is 10.3. The Labute approximate surface area is 81.6 Å². The number of hydrogen-bond acceptors (Lipinski definition) is 3. The Morgan fingerprint density at radius 3 is 2.36 bits per heavy atom. The zero-order valence-electron chi connectivity index (χ0n) is 8.31. The summed E-state index contributed by atoms with van der Waals surface area (Å²) in [6, 6.07) is -0.336. The van der Waals surface area contributed by atoms with Crippen molar-refractivity contribution in [3.05, 3.63) is 0 Å². The molecular weight excluding hydrogens is 186 g/mol. The smallest absolute Gasteiger partial charge is 0.307 e. The number of carbonyl (C=O) groups is 2. The van der Waals surface area contributed by atoms with Gasteiger partial charge in [0.05, 0.1) is 0 Å². The van der Waals surface area contributed by atoms with E-state index < -0.39 is 0 Å². The van der Waals surface area contributed by atoms with Crippen LogP contribution >= 0.6 is 0 Å². The highest BCUT2D eigenvalue weighted by Crippen LogP contribution is 2.21. The molecule has 0 aromatic heterocycles. The molecule has 2 rings (SSSR count). The summed E-state index contributed by atoms with van der Waals surface area (Å²) in [7, 11) is 5.04. The average Bonchev–Trinajstić information content (AvgIpc) is 2.38. The average molecular weight is 199 g/mol. The molecule has 4 amide bonds. The molecule has 0 aromatic rings. The second-order valence-electron chi connectivity index (χ2n) is 3.55. The lowest BCUT2D eigenvalue weighted by Crippen LogP contribution is -2.67. The van der Waals surface area contributed by atoms with Crippen LogP contribution in [-0.4, -0.2) is 60.2 Å². The monoisotopic (exact) mass is 199 g/mol. The number of rotatable bonds is 0. The summed E-state index contributed by atoms with van der Waals surface area (Å²) in [6.45, 7) is 0. The van der Waals surface area contributed by atoms with Gasteiger partial charge in [-0.2, -0.15) is 0 Å². The first kappa shape index (κ1) is 9.07. The van der Waals surface area contributed by atoms with E-state index in [1.54, 1.807) is 26.0 Å². The fourth-order valence-corrected chi connectivity index (χ4v) is 1.88. The van der Waals surface area contributed by atoms with Crippen LogP contribution in [0.3, 0.4) is 0 Å². The molecule has 0 aromatic carbocycles. The van der Waals surface area contributed by atoms with Crippen molar-refractivity contribution in [1.29, 1.82) is 0 Å². The van der Waals surface area contributed by atoms with Crippen LogP contribution in [-0.2, 0) is 0 Å². The van der Waals surface area contributed by atoms with Crippen LogP contribution in [0.4, 0.5) is 9.59 Å². The number of fused-ring (bicyclic) bond motifs is 1. The van der Waals surface area contributed by atoms with Crippen molar-refractivity contribution < 1.29 is 9.59 Å². The predicted octanol–water partition coefficient (Wildman–Crippen LogP) is -1.20. The van der Waals surface area contributed by atoms with Crippen LogP contribution in [0, 0.1) is 0 Å². The van der Waals surface area contributed by atoms with Gasteiger partial charge in [-0.3, -0.25) is 5.43 Å². The number of nitrogens with zero attached hydrogens (tertiary/aromatic N) is 3. The molecular formula is C7H13N5O2. The van der Waals surface area contributed by atoms with Crippen LogP contribution in [0.5, 0.6) is 0 Å². The van der Waals surface area contributed by atoms with E-state index >= 15 is 0 Å². The Kier molecular flexibility index (Phi) is 1.78. The minimum Gasteiger partial charge on any atom is -0.307 e. The van der Waals surface area contributed by atoms with Gasteiger partial charge in [-0.25, -0.2) is 15.0 Å². The molecule has 2 aliphatic heterocycles. The zero-order chi connectivity index (χ0) is 10.5. The van der Waals surface area contributed by atoms with Crippen molar-refractivity contribution in [2.45, 2.75) is 12.3 Å². The Hall–Kier alpha value is -1.50. The van der Waals surface area contributed by atoms with Crippen LogP contribution < -0.4 is 10.9 Å². The third kappa shape index (κ3) is 0.955. The van der Waals surface area contributed by atoms with Gasteiger partial charge in [-0.1, -0.05) is 0 Å². The standard InChI is InChI=1S/C7H13N5O2/c1-10-4-5(12(3)7(10)14)11(2)6(13)9-8-4/h4-5,8H,1-3H3,(H,9,13). The molecule has 0 aliphatic carbocycles. The van der Waals surface area contributed by atoms with Gasteiger partial charge in [0.2, 0.25) is 0 Å². The highest BCUT2D eigenvalue weighted by atomic mass is 16.2. The van der Waals surface area contributed by atoms with Gasteiger partial charge in [-0.15, -0.1) is 0 Å². The number of hydrazine groups is 1. The SMILES string of the molecule is CN1C(=O)N(C)C2C1NNC(=O)N2C. The number of urea groups is 2. The summed E-state index contributed by atoms with van der Waals surface area (Å²) < 4.78 is 0. The summed E-state index contributed by atoms with van der Waals surface area (Å²) in [5, 5.41) is 0. The molecule has 7 heteroatoms. The largest absolute Gasteiger partial charge is 0.333 e. The van der Waals surface area contributed by atoms with Gasteiger partial charge in [0.25, 0.3) is 0 Å². The maximum absolute atomic E-state index is 11.6. The van der Waals surface area contributed by atoms with Crippen molar-refractivity contribution in [3.63, 3.8) is 0 Å². The predicted molar refractivity (Wildman–Crippen MR) is 47.9 cm³/mol. The maximum atomic E-state index is 11.6. The highest BCUT2D eigenvalue weighted by molar-refractivity contribution is 5.81. The topological polar surface area (TPSA) is 67.9 Å². The van der Waals surface area contributed by atoms with E-state index in [9.17, 15) is 9.59 Å². The summed E-state index contributed by atoms with van der Waals surface area (Å²) in [5.74, 6) is 0. The molecule has 2 N–H and O–H groups in total. The molecule has 2 heterocycles. The fraction of sp³-hybridized carbons (Fsp3) is 0.714. The number of amides is 4. The van der Waals surface area contributed by atoms with E-state index in [0.717, 1.165) is 0 Å².